The van der Waals surface area contributed by atoms with Gasteiger partial charge in [-0.25, -0.2) is 15.0 Å². The fourth-order valence-corrected chi connectivity index (χ4v) is 7.97. The first-order valence-corrected chi connectivity index (χ1v) is 17.3. The highest BCUT2D eigenvalue weighted by Crippen LogP contribution is 2.44. The summed E-state index contributed by atoms with van der Waals surface area (Å²) >= 11 is 0.966. The number of para-hydroxylation sites is 1. The van der Waals surface area contributed by atoms with Crippen LogP contribution in [0.4, 0.5) is 0 Å². The van der Waals surface area contributed by atoms with E-state index >= 15 is 0 Å². The Bertz CT molecular complexity index is 3690. The Morgan fingerprint density at radius 1 is 0.481 bits per heavy atom. The van der Waals surface area contributed by atoms with Gasteiger partial charge < -0.3 is 4.42 Å². The number of thiophene rings is 1. The molecule has 0 aliphatic heterocycles. The van der Waals surface area contributed by atoms with Crippen molar-refractivity contribution in [1.82, 2.24) is 15.0 Å². The van der Waals surface area contributed by atoms with Gasteiger partial charge in [0.05, 0.1) is 13.7 Å². The fraction of sp³-hybridized carbons (Fsp3) is 0. The Morgan fingerprint density at radius 3 is 1.90 bits per heavy atom. The number of nitrogens with zero attached hydrogens (tertiary/aromatic N) is 3. The van der Waals surface area contributed by atoms with Crippen molar-refractivity contribution in [2.24, 2.45) is 0 Å². The number of furan rings is 1. The average Bonchev–Trinajstić information content (AvgIpc) is 3.86. The first kappa shape index (κ1) is 20.9. The molecule has 3 heterocycles. The van der Waals surface area contributed by atoms with E-state index in [1.807, 2.05) is 84.9 Å². The Labute approximate surface area is 316 Å². The second-order valence-electron chi connectivity index (χ2n) is 12.4. The molecule has 11 aromatic rings. The third kappa shape index (κ3) is 4.64. The number of aromatic nitrogens is 3. The van der Waals surface area contributed by atoms with Gasteiger partial charge >= 0.3 is 0 Å². The highest BCUT2D eigenvalue weighted by Gasteiger charge is 2.21. The maximum atomic E-state index is 10.1. The molecule has 11 rings (SSSR count). The molecule has 5 heteroatoms. The van der Waals surface area contributed by atoms with Crippen LogP contribution in [-0.2, 0) is 0 Å². The summed E-state index contributed by atoms with van der Waals surface area (Å²) in [5.41, 5.74) is 1.98. The Balaban J connectivity index is 1.28. The van der Waals surface area contributed by atoms with Crippen LogP contribution in [0.2, 0.25) is 0 Å². The lowest BCUT2D eigenvalue weighted by atomic mass is 9.97. The van der Waals surface area contributed by atoms with Gasteiger partial charge in [0.25, 0.3) is 0 Å². The second-order valence-corrected chi connectivity index (χ2v) is 13.5. The molecule has 3 aromatic heterocycles. The van der Waals surface area contributed by atoms with Gasteiger partial charge in [-0.1, -0.05) is 127 Å². The van der Waals surface area contributed by atoms with E-state index in [-0.39, 0.29) is 90.1 Å². The summed E-state index contributed by atoms with van der Waals surface area (Å²) in [6.45, 7) is 0. The standard InChI is InChI=1S/C47H27N3OS/c1-3-12-30-24-32(22-20-28(30)10-1)45-48-46(33-23-21-29-11-2-4-13-31(29)25-33)50-47(49-45)39-26-34(27-41-43(39)38-15-5-7-18-40(38)51-41)35-16-9-17-37-36-14-6-8-19-42(36)52-44(35)37/h1-27H/i5D,6D,8D,9D,14D,16D,17D,18D,19D,26D. The van der Waals surface area contributed by atoms with Gasteiger partial charge in [0, 0.05) is 47.6 Å². The monoisotopic (exact) mass is 691 g/mol. The van der Waals surface area contributed by atoms with Crippen LogP contribution in [0, 0.1) is 0 Å². The minimum absolute atomic E-state index is 0.0429. The van der Waals surface area contributed by atoms with Crippen molar-refractivity contribution in [2.45, 2.75) is 0 Å². The summed E-state index contributed by atoms with van der Waals surface area (Å²) < 4.78 is 95.9. The molecule has 0 aliphatic carbocycles. The lowest BCUT2D eigenvalue weighted by molar-refractivity contribution is 0.669. The van der Waals surface area contributed by atoms with Crippen LogP contribution in [0.25, 0.3) is 109 Å². The van der Waals surface area contributed by atoms with E-state index in [4.69, 9.17) is 30.3 Å². The number of rotatable bonds is 4. The second kappa shape index (κ2) is 11.4. The van der Waals surface area contributed by atoms with Crippen LogP contribution in [0.5, 0.6) is 0 Å². The molecular formula is C47H27N3OS. The van der Waals surface area contributed by atoms with Gasteiger partial charge in [-0.15, -0.1) is 11.3 Å². The lowest BCUT2D eigenvalue weighted by Crippen LogP contribution is -2.01. The minimum Gasteiger partial charge on any atom is -0.456 e. The zero-order valence-electron chi connectivity index (χ0n) is 37.0. The number of fused-ring (bicyclic) bond motifs is 8. The van der Waals surface area contributed by atoms with Crippen LogP contribution in [0.3, 0.4) is 0 Å². The van der Waals surface area contributed by atoms with Crippen LogP contribution in [0.15, 0.2) is 168 Å². The van der Waals surface area contributed by atoms with Gasteiger partial charge in [-0.2, -0.15) is 0 Å². The summed E-state index contributed by atoms with van der Waals surface area (Å²) in [7, 11) is 0. The first-order valence-electron chi connectivity index (χ1n) is 21.5. The van der Waals surface area contributed by atoms with Gasteiger partial charge in [0.1, 0.15) is 11.2 Å². The molecule has 0 saturated heterocycles. The van der Waals surface area contributed by atoms with Gasteiger partial charge in [0.15, 0.2) is 17.5 Å². The van der Waals surface area contributed by atoms with E-state index in [9.17, 15) is 2.74 Å². The van der Waals surface area contributed by atoms with E-state index in [1.165, 1.54) is 12.1 Å². The highest BCUT2D eigenvalue weighted by atomic mass is 32.1. The van der Waals surface area contributed by atoms with Crippen LogP contribution in [0.1, 0.15) is 13.7 Å². The third-order valence-corrected chi connectivity index (χ3v) is 10.5. The highest BCUT2D eigenvalue weighted by molar-refractivity contribution is 7.26. The van der Waals surface area contributed by atoms with Crippen LogP contribution < -0.4 is 0 Å². The van der Waals surface area contributed by atoms with Crippen molar-refractivity contribution < 1.29 is 18.1 Å². The molecule has 0 N–H and O–H groups in total. The maximum absolute atomic E-state index is 10.1. The molecule has 0 atom stereocenters. The molecule has 0 fully saturated rings. The van der Waals surface area contributed by atoms with E-state index in [0.29, 0.717) is 33.5 Å². The maximum Gasteiger partial charge on any atom is 0.164 e. The van der Waals surface area contributed by atoms with Crippen LogP contribution in [-0.4, -0.2) is 15.0 Å². The van der Waals surface area contributed by atoms with E-state index in [0.717, 1.165) is 32.9 Å². The van der Waals surface area contributed by atoms with E-state index < -0.39 is 24.2 Å². The zero-order chi connectivity index (χ0) is 42.9. The molecule has 4 nitrogen and oxygen atoms in total. The van der Waals surface area contributed by atoms with Gasteiger partial charge in [-0.3, -0.25) is 0 Å². The molecule has 0 bridgehead atoms. The smallest absolute Gasteiger partial charge is 0.164 e. The van der Waals surface area contributed by atoms with Crippen molar-refractivity contribution in [3.8, 4) is 45.3 Å². The summed E-state index contributed by atoms with van der Waals surface area (Å²) in [6, 6.07) is 28.9. The van der Waals surface area contributed by atoms with Crippen molar-refractivity contribution in [3.63, 3.8) is 0 Å². The fourth-order valence-electron chi connectivity index (χ4n) is 6.89. The molecule has 242 valence electrons. The molecule has 0 amide bonds. The number of benzene rings is 8. The van der Waals surface area contributed by atoms with Crippen LogP contribution >= 0.6 is 11.3 Å². The van der Waals surface area contributed by atoms with Gasteiger partial charge in [0.2, 0.25) is 0 Å². The van der Waals surface area contributed by atoms with E-state index in [2.05, 4.69) is 0 Å². The van der Waals surface area contributed by atoms with E-state index in [1.54, 1.807) is 6.07 Å². The summed E-state index contributed by atoms with van der Waals surface area (Å²) in [4.78, 5) is 15.1. The largest absolute Gasteiger partial charge is 0.456 e. The molecule has 0 spiro atoms. The zero-order valence-corrected chi connectivity index (χ0v) is 27.8. The Morgan fingerprint density at radius 2 is 1.15 bits per heavy atom. The molecular weight excluding hydrogens is 655 g/mol. The van der Waals surface area contributed by atoms with Crippen molar-refractivity contribution in [3.05, 3.63) is 164 Å². The lowest BCUT2D eigenvalue weighted by Gasteiger charge is -2.12. The SMILES string of the molecule is [2H]c1cc([2H])c2oc3cc(-c4c([2H])c([2H])c([2H])c5c4sc4c([2H])c([2H])c([2H])c([2H])c45)c([2H])c(-c4nc(-c5ccc6ccccc6c5)nc(-c5ccc6ccccc6c5)n4)c3c2c1. The quantitative estimate of drug-likeness (QED) is 0.184. The Hall–Kier alpha value is -6.69. The normalized spacial score (nSPS) is 14.5. The van der Waals surface area contributed by atoms with Gasteiger partial charge in [-0.05, 0) is 69.0 Å². The molecule has 0 saturated carbocycles. The van der Waals surface area contributed by atoms with Crippen molar-refractivity contribution >= 4 is 75.0 Å². The molecule has 52 heavy (non-hydrogen) atoms. The molecule has 8 aromatic carbocycles. The van der Waals surface area contributed by atoms with Crippen molar-refractivity contribution in [2.75, 3.05) is 0 Å². The predicted octanol–water partition coefficient (Wildman–Crippen LogP) is 13.1. The minimum atomic E-state index is -0.491. The summed E-state index contributed by atoms with van der Waals surface area (Å²) in [6.07, 6.45) is 0. The summed E-state index contributed by atoms with van der Waals surface area (Å²) in [5.74, 6) is 0.676. The average molecular weight is 692 g/mol. The summed E-state index contributed by atoms with van der Waals surface area (Å²) in [5, 5.41) is 4.80. The predicted molar refractivity (Wildman–Crippen MR) is 217 cm³/mol. The van der Waals surface area contributed by atoms with Crippen molar-refractivity contribution in [1.29, 1.82) is 0 Å². The Kier molecular flexibility index (Phi) is 4.58. The molecule has 0 unspecified atom stereocenters. The topological polar surface area (TPSA) is 51.8 Å². The number of hydrogen-bond acceptors (Lipinski definition) is 5. The molecule has 0 radical (unpaired) electrons. The first-order chi connectivity index (χ1) is 29.9. The number of hydrogen-bond donors (Lipinski definition) is 0. The third-order valence-electron chi connectivity index (χ3n) is 9.35. The molecule has 0 aliphatic rings.